The molecule has 1 heterocycles. The van der Waals surface area contributed by atoms with Crippen molar-refractivity contribution in [3.63, 3.8) is 0 Å². The summed E-state index contributed by atoms with van der Waals surface area (Å²) < 4.78 is 43.5. The van der Waals surface area contributed by atoms with Gasteiger partial charge in [0.05, 0.1) is 19.1 Å². The average molecular weight is 481 g/mol. The normalized spacial score (nSPS) is 16.3. The molecule has 1 aliphatic rings. The van der Waals surface area contributed by atoms with Crippen molar-refractivity contribution in [2.24, 2.45) is 5.92 Å². The molecule has 1 atom stereocenters. The van der Waals surface area contributed by atoms with Crippen LogP contribution < -0.4 is 19.5 Å². The molecule has 0 aromatic heterocycles. The molecular weight excluding hydrogens is 448 g/mol. The van der Waals surface area contributed by atoms with E-state index in [1.807, 2.05) is 0 Å². The molecule has 1 saturated heterocycles. The second-order valence-corrected chi connectivity index (χ2v) is 9.92. The van der Waals surface area contributed by atoms with Gasteiger partial charge >= 0.3 is 0 Å². The highest BCUT2D eigenvalue weighted by atomic mass is 32.2. The van der Waals surface area contributed by atoms with E-state index >= 15 is 0 Å². The molecule has 1 aliphatic heterocycles. The Labute approximate surface area is 194 Å². The van der Waals surface area contributed by atoms with Crippen LogP contribution in [0.25, 0.3) is 0 Å². The maximum atomic E-state index is 13.0. The summed E-state index contributed by atoms with van der Waals surface area (Å²) in [5.41, 5.74) is 0. The number of piperidine rings is 1. The zero-order valence-electron chi connectivity index (χ0n) is 18.9. The Morgan fingerprint density at radius 2 is 1.73 bits per heavy atom. The Hall–Kier alpha value is -2.53. The second kappa shape index (κ2) is 11.6. The first-order valence-corrected chi connectivity index (χ1v) is 12.3. The Kier molecular flexibility index (Phi) is 8.79. The fourth-order valence-corrected chi connectivity index (χ4v) is 5.21. The third-order valence-corrected chi connectivity index (χ3v) is 7.55. The van der Waals surface area contributed by atoms with Crippen molar-refractivity contribution in [1.29, 1.82) is 0 Å². The smallest absolute Gasteiger partial charge is 0.243 e. The lowest BCUT2D eigenvalue weighted by Crippen LogP contribution is -2.42. The van der Waals surface area contributed by atoms with Crippen molar-refractivity contribution >= 4 is 10.0 Å². The first-order valence-electron chi connectivity index (χ1n) is 10.9. The number of aromatic hydroxyl groups is 1. The molecule has 0 saturated carbocycles. The highest BCUT2D eigenvalue weighted by molar-refractivity contribution is 7.89. The topological polar surface area (TPSA) is 118 Å². The van der Waals surface area contributed by atoms with E-state index < -0.39 is 16.1 Å². The van der Waals surface area contributed by atoms with E-state index in [0.717, 1.165) is 12.8 Å². The number of hydrogen-bond donors (Lipinski definition) is 3. The molecule has 0 radical (unpaired) electrons. The summed E-state index contributed by atoms with van der Waals surface area (Å²) in [6, 6.07) is 10.9. The lowest BCUT2D eigenvalue weighted by molar-refractivity contribution is 0.104. The fraction of sp³-hybridized carbons (Fsp3) is 0.478. The van der Waals surface area contributed by atoms with Gasteiger partial charge in [0, 0.05) is 25.7 Å². The zero-order valence-corrected chi connectivity index (χ0v) is 19.8. The Bertz CT molecular complexity index is 990. The van der Waals surface area contributed by atoms with E-state index in [-0.39, 0.29) is 17.3 Å². The van der Waals surface area contributed by atoms with E-state index in [0.29, 0.717) is 49.3 Å². The summed E-state index contributed by atoms with van der Waals surface area (Å²) in [6.07, 6.45) is 0.795. The first-order chi connectivity index (χ1) is 15.8. The van der Waals surface area contributed by atoms with Gasteiger partial charge in [-0.1, -0.05) is 0 Å². The van der Waals surface area contributed by atoms with Crippen LogP contribution in [0.4, 0.5) is 0 Å². The van der Waals surface area contributed by atoms with Crippen LogP contribution in [-0.4, -0.2) is 76.0 Å². The Morgan fingerprint density at radius 1 is 1.06 bits per heavy atom. The van der Waals surface area contributed by atoms with Gasteiger partial charge in [-0.2, -0.15) is 4.31 Å². The molecule has 0 aliphatic carbocycles. The molecule has 3 rings (SSSR count). The maximum absolute atomic E-state index is 13.0. The van der Waals surface area contributed by atoms with E-state index in [1.54, 1.807) is 18.2 Å². The van der Waals surface area contributed by atoms with E-state index in [4.69, 9.17) is 14.2 Å². The van der Waals surface area contributed by atoms with Gasteiger partial charge in [-0.25, -0.2) is 8.42 Å². The van der Waals surface area contributed by atoms with Gasteiger partial charge in [-0.05, 0) is 61.7 Å². The summed E-state index contributed by atoms with van der Waals surface area (Å²) in [5.74, 6) is 1.93. The van der Waals surface area contributed by atoms with Crippen molar-refractivity contribution in [3.8, 4) is 23.0 Å². The maximum Gasteiger partial charge on any atom is 0.243 e. The van der Waals surface area contributed by atoms with Gasteiger partial charge in [0.15, 0.2) is 11.5 Å². The highest BCUT2D eigenvalue weighted by Gasteiger charge is 2.30. The van der Waals surface area contributed by atoms with E-state index in [1.165, 1.54) is 42.8 Å². The predicted molar refractivity (Wildman–Crippen MR) is 124 cm³/mol. The zero-order chi connectivity index (χ0) is 23.8. The van der Waals surface area contributed by atoms with Gasteiger partial charge < -0.3 is 29.7 Å². The number of sulfonamides is 1. The molecule has 10 heteroatoms. The van der Waals surface area contributed by atoms with Gasteiger partial charge in [0.25, 0.3) is 0 Å². The van der Waals surface area contributed by atoms with Gasteiger partial charge in [-0.15, -0.1) is 0 Å². The van der Waals surface area contributed by atoms with E-state index in [9.17, 15) is 18.6 Å². The minimum absolute atomic E-state index is 0.139. The van der Waals surface area contributed by atoms with Crippen LogP contribution in [0, 0.1) is 5.92 Å². The molecule has 0 spiro atoms. The third-order valence-electron chi connectivity index (χ3n) is 5.66. The van der Waals surface area contributed by atoms with Crippen LogP contribution in [-0.2, 0) is 10.0 Å². The summed E-state index contributed by atoms with van der Waals surface area (Å²) in [4.78, 5) is 0.188. The standard InChI is InChI=1S/C23H32N2O7S/c1-30-22-8-7-21(13-23(22)31-2)33(28,29)25-11-9-17(10-12-25)14-24-15-19(27)16-32-20-5-3-18(26)4-6-20/h3-8,13,17,19,24,26-27H,9-12,14-16H2,1-2H3/t19-/m1/s1. The van der Waals surface area contributed by atoms with Crippen molar-refractivity contribution in [2.45, 2.75) is 23.8 Å². The number of aliphatic hydroxyl groups excluding tert-OH is 1. The summed E-state index contributed by atoms with van der Waals surface area (Å²) >= 11 is 0. The number of phenolic OH excluding ortho intramolecular Hbond substituents is 1. The SMILES string of the molecule is COc1ccc(S(=O)(=O)N2CCC(CNC[C@@H](O)COc3ccc(O)cc3)CC2)cc1OC. The Balaban J connectivity index is 1.41. The van der Waals surface area contributed by atoms with Gasteiger partial charge in [0.2, 0.25) is 10.0 Å². The molecule has 33 heavy (non-hydrogen) atoms. The van der Waals surface area contributed by atoms with Crippen molar-refractivity contribution in [1.82, 2.24) is 9.62 Å². The lowest BCUT2D eigenvalue weighted by atomic mass is 9.98. The number of phenols is 1. The number of rotatable bonds is 11. The minimum Gasteiger partial charge on any atom is -0.508 e. The van der Waals surface area contributed by atoms with Gasteiger partial charge in [0.1, 0.15) is 24.2 Å². The number of methoxy groups -OCH3 is 2. The van der Waals surface area contributed by atoms with Crippen LogP contribution in [0.5, 0.6) is 23.0 Å². The van der Waals surface area contributed by atoms with Crippen LogP contribution in [0.15, 0.2) is 47.4 Å². The monoisotopic (exact) mass is 480 g/mol. The summed E-state index contributed by atoms with van der Waals surface area (Å²) in [5, 5.41) is 22.6. The molecule has 1 fully saturated rings. The molecule has 0 amide bonds. The molecule has 3 N–H and O–H groups in total. The second-order valence-electron chi connectivity index (χ2n) is 7.98. The molecule has 0 unspecified atom stereocenters. The molecule has 2 aromatic carbocycles. The highest BCUT2D eigenvalue weighted by Crippen LogP contribution is 2.31. The molecule has 2 aromatic rings. The first kappa shape index (κ1) is 25.1. The number of hydrogen-bond acceptors (Lipinski definition) is 8. The molecule has 182 valence electrons. The molecular formula is C23H32N2O7S. The van der Waals surface area contributed by atoms with Crippen LogP contribution in [0.1, 0.15) is 12.8 Å². The van der Waals surface area contributed by atoms with Crippen molar-refractivity contribution in [3.05, 3.63) is 42.5 Å². The van der Waals surface area contributed by atoms with E-state index in [2.05, 4.69) is 5.32 Å². The predicted octanol–water partition coefficient (Wildman–Crippen LogP) is 1.84. The number of benzene rings is 2. The van der Waals surface area contributed by atoms with Crippen LogP contribution >= 0.6 is 0 Å². The van der Waals surface area contributed by atoms with Crippen molar-refractivity contribution in [2.75, 3.05) is 47.0 Å². The average Bonchev–Trinajstić information content (AvgIpc) is 2.83. The minimum atomic E-state index is -3.61. The van der Waals surface area contributed by atoms with Crippen molar-refractivity contribution < 1.29 is 32.8 Å². The van der Waals surface area contributed by atoms with Crippen LogP contribution in [0.2, 0.25) is 0 Å². The summed E-state index contributed by atoms with van der Waals surface area (Å²) in [6.45, 7) is 2.09. The lowest BCUT2D eigenvalue weighted by Gasteiger charge is -2.31. The number of nitrogens with one attached hydrogen (secondary N) is 1. The summed E-state index contributed by atoms with van der Waals surface area (Å²) in [7, 11) is -0.626. The fourth-order valence-electron chi connectivity index (χ4n) is 3.73. The third kappa shape index (κ3) is 6.73. The van der Waals surface area contributed by atoms with Crippen LogP contribution in [0.3, 0.4) is 0 Å². The number of ether oxygens (including phenoxy) is 3. The molecule has 9 nitrogen and oxygen atoms in total. The van der Waals surface area contributed by atoms with Gasteiger partial charge in [-0.3, -0.25) is 0 Å². The number of aliphatic hydroxyl groups is 1. The number of nitrogens with zero attached hydrogens (tertiary/aromatic N) is 1. The molecule has 0 bridgehead atoms. The Morgan fingerprint density at radius 3 is 2.36 bits per heavy atom. The quantitative estimate of drug-likeness (QED) is 0.446. The largest absolute Gasteiger partial charge is 0.508 e.